The Balaban J connectivity index is 1.24. The molecule has 9 heteroatoms. The number of aromatic nitrogens is 6. The SMILES string of the molecule is Cc1cc2nc(-c3cccnc3N)n(-c3ccc(CC(=O)Nc4ccc5ncccc5c4)cc3)c2nc1-c1cccnc1. The molecule has 43 heavy (non-hydrogen) atoms. The number of nitrogens with two attached hydrogens (primary N) is 1. The molecule has 0 aliphatic heterocycles. The highest BCUT2D eigenvalue weighted by molar-refractivity contribution is 5.95. The molecule has 0 atom stereocenters. The van der Waals surface area contributed by atoms with E-state index in [1.54, 1.807) is 24.8 Å². The fourth-order valence-electron chi connectivity index (χ4n) is 5.23. The number of fused-ring (bicyclic) bond motifs is 2. The molecular formula is C34H26N8O. The first-order valence-electron chi connectivity index (χ1n) is 13.8. The van der Waals surface area contributed by atoms with Crippen LogP contribution in [-0.4, -0.2) is 35.4 Å². The van der Waals surface area contributed by atoms with Gasteiger partial charge in [0.25, 0.3) is 0 Å². The summed E-state index contributed by atoms with van der Waals surface area (Å²) in [6.07, 6.45) is 7.18. The maximum Gasteiger partial charge on any atom is 0.228 e. The quantitative estimate of drug-likeness (QED) is 0.249. The minimum absolute atomic E-state index is 0.105. The predicted octanol–water partition coefficient (Wildman–Crippen LogP) is 6.16. The normalized spacial score (nSPS) is 11.2. The number of nitrogens with one attached hydrogen (secondary N) is 1. The number of nitrogen functional groups attached to an aromatic ring is 1. The minimum Gasteiger partial charge on any atom is -0.383 e. The van der Waals surface area contributed by atoms with E-state index in [9.17, 15) is 4.79 Å². The van der Waals surface area contributed by atoms with E-state index in [0.717, 1.165) is 50.2 Å². The smallest absolute Gasteiger partial charge is 0.228 e. The maximum atomic E-state index is 12.9. The Labute approximate surface area is 247 Å². The van der Waals surface area contributed by atoms with E-state index in [1.165, 1.54) is 0 Å². The lowest BCUT2D eigenvalue weighted by atomic mass is 10.1. The van der Waals surface area contributed by atoms with E-state index in [-0.39, 0.29) is 12.3 Å². The molecular weight excluding hydrogens is 536 g/mol. The van der Waals surface area contributed by atoms with Gasteiger partial charge in [-0.05, 0) is 84.8 Å². The third kappa shape index (κ3) is 5.04. The van der Waals surface area contributed by atoms with Gasteiger partial charge in [-0.3, -0.25) is 19.3 Å². The number of amides is 1. The van der Waals surface area contributed by atoms with Gasteiger partial charge in [-0.15, -0.1) is 0 Å². The first-order valence-corrected chi connectivity index (χ1v) is 13.8. The van der Waals surface area contributed by atoms with Crippen molar-refractivity contribution in [2.24, 2.45) is 0 Å². The lowest BCUT2D eigenvalue weighted by Gasteiger charge is -2.12. The number of pyridine rings is 4. The minimum atomic E-state index is -0.105. The number of anilines is 2. The highest BCUT2D eigenvalue weighted by Gasteiger charge is 2.20. The number of carbonyl (C=O) groups excluding carboxylic acids is 1. The second-order valence-electron chi connectivity index (χ2n) is 10.2. The van der Waals surface area contributed by atoms with E-state index in [1.807, 2.05) is 96.4 Å². The molecule has 5 heterocycles. The molecule has 5 aromatic heterocycles. The molecule has 0 aliphatic rings. The Bertz CT molecular complexity index is 2120. The summed E-state index contributed by atoms with van der Waals surface area (Å²) in [6.45, 7) is 2.01. The molecule has 9 nitrogen and oxygen atoms in total. The van der Waals surface area contributed by atoms with Crippen LogP contribution in [0.25, 0.3) is 50.4 Å². The molecule has 0 bridgehead atoms. The summed E-state index contributed by atoms with van der Waals surface area (Å²) < 4.78 is 1.98. The molecule has 7 aromatic rings. The Morgan fingerprint density at radius 2 is 1.67 bits per heavy atom. The number of benzene rings is 2. The Morgan fingerprint density at radius 3 is 2.49 bits per heavy atom. The third-order valence-electron chi connectivity index (χ3n) is 7.28. The van der Waals surface area contributed by atoms with Crippen LogP contribution < -0.4 is 11.1 Å². The van der Waals surface area contributed by atoms with Crippen molar-refractivity contribution < 1.29 is 4.79 Å². The summed E-state index contributed by atoms with van der Waals surface area (Å²) in [5, 5.41) is 3.97. The first-order chi connectivity index (χ1) is 21.0. The van der Waals surface area contributed by atoms with Gasteiger partial charge in [0.1, 0.15) is 11.3 Å². The summed E-state index contributed by atoms with van der Waals surface area (Å²) in [7, 11) is 0. The lowest BCUT2D eigenvalue weighted by Crippen LogP contribution is -2.14. The van der Waals surface area contributed by atoms with Crippen molar-refractivity contribution in [3.63, 3.8) is 0 Å². The van der Waals surface area contributed by atoms with E-state index < -0.39 is 0 Å². The molecule has 208 valence electrons. The zero-order valence-electron chi connectivity index (χ0n) is 23.3. The van der Waals surface area contributed by atoms with Crippen molar-refractivity contribution in [1.82, 2.24) is 29.5 Å². The van der Waals surface area contributed by atoms with Crippen molar-refractivity contribution >= 4 is 39.5 Å². The van der Waals surface area contributed by atoms with E-state index in [4.69, 9.17) is 15.7 Å². The van der Waals surface area contributed by atoms with Gasteiger partial charge < -0.3 is 11.1 Å². The summed E-state index contributed by atoms with van der Waals surface area (Å²) in [4.78, 5) is 35.8. The van der Waals surface area contributed by atoms with Crippen LogP contribution in [0.5, 0.6) is 0 Å². The molecule has 0 saturated heterocycles. The monoisotopic (exact) mass is 562 g/mol. The lowest BCUT2D eigenvalue weighted by molar-refractivity contribution is -0.115. The largest absolute Gasteiger partial charge is 0.383 e. The van der Waals surface area contributed by atoms with Crippen LogP contribution in [0.3, 0.4) is 0 Å². The molecule has 2 aromatic carbocycles. The molecule has 0 aliphatic carbocycles. The molecule has 0 radical (unpaired) electrons. The number of imidazole rings is 1. The second kappa shape index (κ2) is 10.8. The van der Waals surface area contributed by atoms with Crippen molar-refractivity contribution in [2.45, 2.75) is 13.3 Å². The first kappa shape index (κ1) is 26.0. The van der Waals surface area contributed by atoms with Gasteiger partial charge in [-0.2, -0.15) is 0 Å². The number of aryl methyl sites for hydroxylation is 1. The fourth-order valence-corrected chi connectivity index (χ4v) is 5.23. The standard InChI is InChI=1S/C34H26N8O/c1-21-17-29-34(41-31(21)24-6-2-14-36-20-24)42(33(40-29)27-7-4-16-38-32(27)35)26-11-8-22(9-12-26)18-30(43)39-25-10-13-28-23(19-25)5-3-15-37-28/h2-17,19-20H,18H2,1H3,(H2,35,38)(H,39,43). The number of hydrogen-bond acceptors (Lipinski definition) is 7. The highest BCUT2D eigenvalue weighted by atomic mass is 16.1. The van der Waals surface area contributed by atoms with Gasteiger partial charge in [0, 0.05) is 47.1 Å². The van der Waals surface area contributed by atoms with Gasteiger partial charge in [0.05, 0.1) is 23.2 Å². The topological polar surface area (TPSA) is 124 Å². The van der Waals surface area contributed by atoms with E-state index in [2.05, 4.69) is 20.3 Å². The van der Waals surface area contributed by atoms with Gasteiger partial charge >= 0.3 is 0 Å². The van der Waals surface area contributed by atoms with Crippen LogP contribution in [-0.2, 0) is 11.2 Å². The number of nitrogens with zero attached hydrogens (tertiary/aromatic N) is 6. The van der Waals surface area contributed by atoms with Crippen LogP contribution in [0.4, 0.5) is 11.5 Å². The van der Waals surface area contributed by atoms with Crippen LogP contribution in [0.15, 0.2) is 110 Å². The summed E-state index contributed by atoms with van der Waals surface area (Å²) >= 11 is 0. The van der Waals surface area contributed by atoms with Gasteiger partial charge in [-0.25, -0.2) is 15.0 Å². The average molecular weight is 563 g/mol. The molecule has 0 saturated carbocycles. The molecule has 7 rings (SSSR count). The van der Waals surface area contributed by atoms with E-state index >= 15 is 0 Å². The third-order valence-corrected chi connectivity index (χ3v) is 7.28. The van der Waals surface area contributed by atoms with Crippen molar-refractivity contribution in [2.75, 3.05) is 11.1 Å². The van der Waals surface area contributed by atoms with Crippen LogP contribution in [0.2, 0.25) is 0 Å². The van der Waals surface area contributed by atoms with Crippen LogP contribution >= 0.6 is 0 Å². The zero-order valence-corrected chi connectivity index (χ0v) is 23.3. The van der Waals surface area contributed by atoms with Crippen molar-refractivity contribution in [3.8, 4) is 28.3 Å². The average Bonchev–Trinajstić information content (AvgIpc) is 3.39. The van der Waals surface area contributed by atoms with Crippen molar-refractivity contribution in [1.29, 1.82) is 0 Å². The van der Waals surface area contributed by atoms with Gasteiger partial charge in [0.15, 0.2) is 11.5 Å². The molecule has 0 fully saturated rings. The predicted molar refractivity (Wildman–Crippen MR) is 169 cm³/mol. The zero-order chi connectivity index (χ0) is 29.3. The molecule has 3 N–H and O–H groups in total. The molecule has 0 unspecified atom stereocenters. The van der Waals surface area contributed by atoms with Gasteiger partial charge in [0.2, 0.25) is 5.91 Å². The Kier molecular flexibility index (Phi) is 6.52. The highest BCUT2D eigenvalue weighted by Crippen LogP contribution is 2.33. The Hall–Kier alpha value is -5.96. The molecule has 0 spiro atoms. The maximum absolute atomic E-state index is 12.9. The summed E-state index contributed by atoms with van der Waals surface area (Å²) in [5.41, 5.74) is 14.5. The Morgan fingerprint density at radius 1 is 0.860 bits per heavy atom. The number of carbonyl (C=O) groups is 1. The van der Waals surface area contributed by atoms with E-state index in [0.29, 0.717) is 22.9 Å². The summed E-state index contributed by atoms with van der Waals surface area (Å²) in [6, 6.07) is 27.0. The van der Waals surface area contributed by atoms with Crippen LogP contribution in [0, 0.1) is 6.92 Å². The number of rotatable bonds is 6. The summed E-state index contributed by atoms with van der Waals surface area (Å²) in [5.74, 6) is 0.902. The van der Waals surface area contributed by atoms with Crippen molar-refractivity contribution in [3.05, 3.63) is 121 Å². The second-order valence-corrected chi connectivity index (χ2v) is 10.2. The number of hydrogen-bond donors (Lipinski definition) is 2. The fraction of sp³-hybridized carbons (Fsp3) is 0.0588. The van der Waals surface area contributed by atoms with Crippen LogP contribution in [0.1, 0.15) is 11.1 Å². The van der Waals surface area contributed by atoms with Gasteiger partial charge in [-0.1, -0.05) is 18.2 Å². The molecule has 1 amide bonds.